The summed E-state index contributed by atoms with van der Waals surface area (Å²) in [5.74, 6) is 1.73. The van der Waals surface area contributed by atoms with Crippen LogP contribution in [0.1, 0.15) is 0 Å². The molecule has 3 aromatic heterocycles. The van der Waals surface area contributed by atoms with Crippen molar-refractivity contribution in [3.63, 3.8) is 0 Å². The molecule has 4 aromatic rings. The lowest BCUT2D eigenvalue weighted by Gasteiger charge is -2.10. The van der Waals surface area contributed by atoms with E-state index >= 15 is 0 Å². The van der Waals surface area contributed by atoms with E-state index in [-0.39, 0.29) is 0 Å². The summed E-state index contributed by atoms with van der Waals surface area (Å²) in [5, 5.41) is 4.23. The fourth-order valence-corrected chi connectivity index (χ4v) is 2.32. The summed E-state index contributed by atoms with van der Waals surface area (Å²) in [7, 11) is 1.61. The number of rotatable bonds is 4. The molecule has 0 amide bonds. The third-order valence-corrected chi connectivity index (χ3v) is 3.39. The lowest BCUT2D eigenvalue weighted by atomic mass is 10.3. The zero-order chi connectivity index (χ0) is 15.6. The van der Waals surface area contributed by atoms with E-state index in [2.05, 4.69) is 20.1 Å². The standard InChI is InChI=1S/C16H13N5O2/c1-22-12-7-11(21-6-2-4-20-21)8-13(9-12)23-16-15-14(3-5-17-15)18-10-19-16/h2-10,17H,1H3. The molecule has 0 aliphatic carbocycles. The summed E-state index contributed by atoms with van der Waals surface area (Å²) in [6, 6.07) is 9.26. The van der Waals surface area contributed by atoms with Crippen LogP contribution >= 0.6 is 0 Å². The third kappa shape index (κ3) is 2.48. The van der Waals surface area contributed by atoms with Gasteiger partial charge in [0.15, 0.2) is 0 Å². The summed E-state index contributed by atoms with van der Waals surface area (Å²) in [6.45, 7) is 0. The van der Waals surface area contributed by atoms with E-state index in [1.165, 1.54) is 6.33 Å². The van der Waals surface area contributed by atoms with Gasteiger partial charge >= 0.3 is 0 Å². The Hall–Kier alpha value is -3.35. The number of nitrogens with zero attached hydrogens (tertiary/aromatic N) is 4. The molecular weight excluding hydrogens is 294 g/mol. The van der Waals surface area contributed by atoms with Crippen LogP contribution in [0.15, 0.2) is 55.2 Å². The number of methoxy groups -OCH3 is 1. The molecule has 0 bridgehead atoms. The average Bonchev–Trinajstić information content (AvgIpc) is 3.26. The third-order valence-electron chi connectivity index (χ3n) is 3.39. The second-order valence-electron chi connectivity index (χ2n) is 4.84. The molecule has 0 radical (unpaired) electrons. The predicted octanol–water partition coefficient (Wildman–Crippen LogP) is 2.94. The van der Waals surface area contributed by atoms with Crippen LogP contribution in [0.5, 0.6) is 17.4 Å². The van der Waals surface area contributed by atoms with Gasteiger partial charge in [0.05, 0.1) is 18.3 Å². The molecule has 114 valence electrons. The summed E-state index contributed by atoms with van der Waals surface area (Å²) in [6.07, 6.45) is 6.84. The molecule has 0 aliphatic rings. The van der Waals surface area contributed by atoms with Crippen molar-refractivity contribution >= 4 is 11.0 Å². The van der Waals surface area contributed by atoms with Crippen molar-refractivity contribution in [2.45, 2.75) is 0 Å². The van der Waals surface area contributed by atoms with Gasteiger partial charge in [-0.3, -0.25) is 0 Å². The topological polar surface area (TPSA) is 77.9 Å². The van der Waals surface area contributed by atoms with E-state index in [1.54, 1.807) is 30.3 Å². The van der Waals surface area contributed by atoms with Gasteiger partial charge in [-0.2, -0.15) is 10.1 Å². The average molecular weight is 307 g/mol. The number of ether oxygens (including phenoxy) is 2. The van der Waals surface area contributed by atoms with Gasteiger partial charge in [-0.05, 0) is 12.1 Å². The highest BCUT2D eigenvalue weighted by Gasteiger charge is 2.10. The lowest BCUT2D eigenvalue weighted by molar-refractivity contribution is 0.407. The molecule has 0 unspecified atom stereocenters. The van der Waals surface area contributed by atoms with Gasteiger partial charge in [-0.15, -0.1) is 0 Å². The molecule has 0 saturated carbocycles. The lowest BCUT2D eigenvalue weighted by Crippen LogP contribution is -1.97. The largest absolute Gasteiger partial charge is 0.497 e. The van der Waals surface area contributed by atoms with Gasteiger partial charge in [-0.25, -0.2) is 9.67 Å². The Kier molecular flexibility index (Phi) is 3.16. The highest BCUT2D eigenvalue weighted by atomic mass is 16.5. The number of hydrogen-bond acceptors (Lipinski definition) is 5. The van der Waals surface area contributed by atoms with E-state index in [1.807, 2.05) is 30.5 Å². The van der Waals surface area contributed by atoms with Gasteiger partial charge in [0.1, 0.15) is 23.3 Å². The molecule has 7 heteroatoms. The first kappa shape index (κ1) is 13.3. The van der Waals surface area contributed by atoms with Crippen molar-refractivity contribution in [3.8, 4) is 23.1 Å². The summed E-state index contributed by atoms with van der Waals surface area (Å²) in [4.78, 5) is 11.4. The Morgan fingerprint density at radius 3 is 2.87 bits per heavy atom. The minimum Gasteiger partial charge on any atom is -0.497 e. The second-order valence-corrected chi connectivity index (χ2v) is 4.84. The molecule has 0 fully saturated rings. The van der Waals surface area contributed by atoms with Crippen LogP contribution in [0.2, 0.25) is 0 Å². The minimum atomic E-state index is 0.458. The first-order chi connectivity index (χ1) is 11.3. The Balaban J connectivity index is 1.76. The quantitative estimate of drug-likeness (QED) is 0.627. The molecule has 0 atom stereocenters. The van der Waals surface area contributed by atoms with Gasteiger partial charge in [0, 0.05) is 36.8 Å². The fourth-order valence-electron chi connectivity index (χ4n) is 2.32. The van der Waals surface area contributed by atoms with Gasteiger partial charge < -0.3 is 14.5 Å². The molecule has 0 spiro atoms. The van der Waals surface area contributed by atoms with Crippen LogP contribution in [-0.2, 0) is 0 Å². The van der Waals surface area contributed by atoms with Crippen LogP contribution in [0, 0.1) is 0 Å². The highest BCUT2D eigenvalue weighted by molar-refractivity contribution is 5.79. The van der Waals surface area contributed by atoms with E-state index in [4.69, 9.17) is 9.47 Å². The van der Waals surface area contributed by atoms with Crippen molar-refractivity contribution < 1.29 is 9.47 Å². The smallest absolute Gasteiger partial charge is 0.247 e. The number of nitrogens with one attached hydrogen (secondary N) is 1. The van der Waals surface area contributed by atoms with E-state index in [9.17, 15) is 0 Å². The van der Waals surface area contributed by atoms with E-state index in [0.717, 1.165) is 16.7 Å². The normalized spacial score (nSPS) is 10.8. The van der Waals surface area contributed by atoms with Crippen LogP contribution in [-0.4, -0.2) is 31.8 Å². The van der Waals surface area contributed by atoms with E-state index < -0.39 is 0 Å². The minimum absolute atomic E-state index is 0.458. The van der Waals surface area contributed by atoms with Crippen molar-refractivity contribution in [1.29, 1.82) is 0 Å². The maximum atomic E-state index is 5.93. The summed E-state index contributed by atoms with van der Waals surface area (Å²) < 4.78 is 13.0. The van der Waals surface area contributed by atoms with Gasteiger partial charge in [-0.1, -0.05) is 0 Å². The van der Waals surface area contributed by atoms with Crippen LogP contribution in [0.4, 0.5) is 0 Å². The van der Waals surface area contributed by atoms with E-state index in [0.29, 0.717) is 17.4 Å². The van der Waals surface area contributed by atoms with Gasteiger partial charge in [0.2, 0.25) is 5.88 Å². The summed E-state index contributed by atoms with van der Waals surface area (Å²) in [5.41, 5.74) is 2.38. The summed E-state index contributed by atoms with van der Waals surface area (Å²) >= 11 is 0. The number of aromatic nitrogens is 5. The van der Waals surface area contributed by atoms with Crippen LogP contribution in [0.25, 0.3) is 16.7 Å². The van der Waals surface area contributed by atoms with Crippen LogP contribution < -0.4 is 9.47 Å². The Morgan fingerprint density at radius 2 is 2.04 bits per heavy atom. The zero-order valence-corrected chi connectivity index (χ0v) is 12.3. The predicted molar refractivity (Wildman–Crippen MR) is 84.1 cm³/mol. The Labute approximate surface area is 131 Å². The number of fused-ring (bicyclic) bond motifs is 1. The van der Waals surface area contributed by atoms with Crippen molar-refractivity contribution in [3.05, 3.63) is 55.2 Å². The van der Waals surface area contributed by atoms with Crippen molar-refractivity contribution in [2.24, 2.45) is 0 Å². The molecule has 1 aromatic carbocycles. The van der Waals surface area contributed by atoms with Crippen molar-refractivity contribution in [1.82, 2.24) is 24.7 Å². The molecule has 0 aliphatic heterocycles. The molecule has 4 rings (SSSR count). The molecule has 7 nitrogen and oxygen atoms in total. The van der Waals surface area contributed by atoms with Gasteiger partial charge in [0.25, 0.3) is 0 Å². The number of hydrogen-bond donors (Lipinski definition) is 1. The van der Waals surface area contributed by atoms with Crippen molar-refractivity contribution in [2.75, 3.05) is 7.11 Å². The Bertz CT molecular complexity index is 946. The number of aromatic amines is 1. The molecule has 23 heavy (non-hydrogen) atoms. The number of H-pyrrole nitrogens is 1. The first-order valence-corrected chi connectivity index (χ1v) is 6.98. The zero-order valence-electron chi connectivity index (χ0n) is 12.3. The number of benzene rings is 1. The van der Waals surface area contributed by atoms with Crippen LogP contribution in [0.3, 0.4) is 0 Å². The molecule has 0 saturated heterocycles. The first-order valence-electron chi connectivity index (χ1n) is 6.98. The Morgan fingerprint density at radius 1 is 1.13 bits per heavy atom. The SMILES string of the molecule is COc1cc(Oc2ncnc3cc[nH]c23)cc(-n2cccn2)c1. The maximum absolute atomic E-state index is 5.93. The highest BCUT2D eigenvalue weighted by Crippen LogP contribution is 2.30. The maximum Gasteiger partial charge on any atom is 0.247 e. The fraction of sp³-hybridized carbons (Fsp3) is 0.0625. The molecule has 3 heterocycles. The molecular formula is C16H13N5O2. The second kappa shape index (κ2) is 5.45. The molecule has 1 N–H and O–H groups in total. The monoisotopic (exact) mass is 307 g/mol.